The van der Waals surface area contributed by atoms with Crippen LogP contribution in [0.3, 0.4) is 0 Å². The van der Waals surface area contributed by atoms with E-state index in [1.165, 1.54) is 12.1 Å². The number of pyridine rings is 2. The van der Waals surface area contributed by atoms with Crippen molar-refractivity contribution in [1.29, 1.82) is 0 Å². The Morgan fingerprint density at radius 2 is 1.78 bits per heavy atom. The number of hydrogen-bond acceptors (Lipinski definition) is 7. The molecule has 1 saturated heterocycles. The molecule has 0 amide bonds. The number of nitrogen functional groups attached to an aromatic ring is 2. The smallest absolute Gasteiger partial charge is 0.356 e. The monoisotopic (exact) mass is 412 g/mol. The number of aliphatic hydroxyl groups is 1. The molecule has 0 saturated carbocycles. The second-order valence-electron chi connectivity index (χ2n) is 5.26. The van der Waals surface area contributed by atoms with Gasteiger partial charge in [-0.15, -0.1) is 0 Å². The van der Waals surface area contributed by atoms with Gasteiger partial charge in [0, 0.05) is 6.61 Å². The third-order valence-corrected chi connectivity index (χ3v) is 3.61. The molecule has 0 aliphatic carbocycles. The molecule has 8 nitrogen and oxygen atoms in total. The number of carboxylic acids is 1. The Hall–Kier alpha value is -2.07. The summed E-state index contributed by atoms with van der Waals surface area (Å²) in [7, 11) is 5.31. The lowest BCUT2D eigenvalue weighted by atomic mass is 9.98. The predicted octanol–water partition coefficient (Wildman–Crippen LogP) is 2.12. The standard InChI is InChI=1S/C6H5ClN2O2.C6H7ClN2O.C4H7BO/c7-4-2-1-3(8)5(9-4)6(10)11;7-6-2-1-4(8)5(3-10)9-6;5-4-2-1-3-6-4/h1-2H,8H2,(H,10,11);1-2,10H,3,8H2;4H,1-3H2/q;;-1. The zero-order valence-corrected chi connectivity index (χ0v) is 15.8. The van der Waals surface area contributed by atoms with E-state index in [2.05, 4.69) is 9.97 Å². The Balaban J connectivity index is 0.000000211. The highest BCUT2D eigenvalue weighted by molar-refractivity contribution is 6.29. The number of aromatic nitrogens is 2. The van der Waals surface area contributed by atoms with Crippen LogP contribution in [0.5, 0.6) is 0 Å². The molecule has 0 spiro atoms. The fraction of sp³-hybridized carbons (Fsp3) is 0.312. The fourth-order valence-electron chi connectivity index (χ4n) is 1.83. The van der Waals surface area contributed by atoms with Gasteiger partial charge in [0.15, 0.2) is 5.69 Å². The van der Waals surface area contributed by atoms with Crippen molar-refractivity contribution in [3.63, 3.8) is 0 Å². The summed E-state index contributed by atoms with van der Waals surface area (Å²) in [6.45, 7) is 0.688. The van der Waals surface area contributed by atoms with Crippen LogP contribution >= 0.6 is 23.2 Å². The normalized spacial score (nSPS) is 15.2. The number of anilines is 2. The molecule has 3 rings (SSSR count). The van der Waals surface area contributed by atoms with Gasteiger partial charge in [0.25, 0.3) is 0 Å². The van der Waals surface area contributed by atoms with Gasteiger partial charge in [-0.3, -0.25) is 0 Å². The summed E-state index contributed by atoms with van der Waals surface area (Å²) < 4.78 is 4.93. The number of rotatable bonds is 2. The van der Waals surface area contributed by atoms with Gasteiger partial charge in [0.05, 0.1) is 23.7 Å². The molecule has 11 heteroatoms. The number of aliphatic hydroxyl groups excluding tert-OH is 1. The molecular formula is C16H19BCl2N4O4-. The number of halogens is 2. The summed E-state index contributed by atoms with van der Waals surface area (Å²) in [4.78, 5) is 17.7. The minimum absolute atomic E-state index is 0.0463. The molecule has 3 radical (unpaired) electrons. The minimum atomic E-state index is -1.18. The molecule has 1 fully saturated rings. The van der Waals surface area contributed by atoms with Crippen molar-refractivity contribution < 1.29 is 19.7 Å². The summed E-state index contributed by atoms with van der Waals surface area (Å²) in [5.74, 6) is -1.18. The molecule has 1 aliphatic heterocycles. The average Bonchev–Trinajstić information content (AvgIpc) is 3.11. The van der Waals surface area contributed by atoms with Crippen LogP contribution in [-0.4, -0.2) is 46.6 Å². The molecule has 2 aromatic heterocycles. The fourth-order valence-corrected chi connectivity index (χ4v) is 2.14. The molecule has 145 valence electrons. The Morgan fingerprint density at radius 1 is 1.19 bits per heavy atom. The lowest BCUT2D eigenvalue weighted by molar-refractivity contribution is 0.0691. The zero-order valence-electron chi connectivity index (χ0n) is 14.3. The van der Waals surface area contributed by atoms with E-state index >= 15 is 0 Å². The van der Waals surface area contributed by atoms with E-state index in [4.69, 9.17) is 57.5 Å². The van der Waals surface area contributed by atoms with Crippen LogP contribution in [0, 0.1) is 0 Å². The summed E-state index contributed by atoms with van der Waals surface area (Å²) in [5, 5.41) is 17.6. The van der Waals surface area contributed by atoms with Crippen LogP contribution in [0.1, 0.15) is 29.0 Å². The van der Waals surface area contributed by atoms with Crippen molar-refractivity contribution >= 4 is 48.4 Å². The molecule has 0 bridgehead atoms. The van der Waals surface area contributed by atoms with Gasteiger partial charge in [-0.2, -0.15) is 6.00 Å². The number of nitrogens with two attached hydrogens (primary N) is 2. The SMILES string of the molecule is Nc1ccc(Cl)nc1C(=O)O.Nc1ccc(Cl)nc1CO.[B-]C1CCCO1. The zero-order chi connectivity index (χ0) is 20.4. The summed E-state index contributed by atoms with van der Waals surface area (Å²) in [5.41, 5.74) is 11.5. The molecule has 1 unspecified atom stereocenters. The maximum atomic E-state index is 10.4. The van der Waals surface area contributed by atoms with Crippen LogP contribution < -0.4 is 11.5 Å². The molecule has 6 N–H and O–H groups in total. The third kappa shape index (κ3) is 8.44. The van der Waals surface area contributed by atoms with Crippen molar-refractivity contribution in [2.75, 3.05) is 18.1 Å². The van der Waals surface area contributed by atoms with Crippen molar-refractivity contribution in [2.24, 2.45) is 0 Å². The minimum Gasteiger partial charge on any atom is -0.584 e. The van der Waals surface area contributed by atoms with E-state index < -0.39 is 5.97 Å². The predicted molar refractivity (Wildman–Crippen MR) is 105 cm³/mol. The van der Waals surface area contributed by atoms with Crippen LogP contribution in [0.15, 0.2) is 24.3 Å². The van der Waals surface area contributed by atoms with Gasteiger partial charge in [0.2, 0.25) is 0 Å². The second-order valence-corrected chi connectivity index (χ2v) is 6.03. The largest absolute Gasteiger partial charge is 0.584 e. The molecule has 1 aliphatic rings. The molecule has 2 aromatic rings. The van der Waals surface area contributed by atoms with E-state index in [9.17, 15) is 4.79 Å². The van der Waals surface area contributed by atoms with Crippen molar-refractivity contribution in [1.82, 2.24) is 9.97 Å². The first kappa shape index (κ1) is 23.0. The first-order valence-corrected chi connectivity index (χ1v) is 8.54. The van der Waals surface area contributed by atoms with Gasteiger partial charge in [-0.25, -0.2) is 14.8 Å². The van der Waals surface area contributed by atoms with Crippen LogP contribution in [-0.2, 0) is 11.3 Å². The number of carboxylic acid groups (broad SMARTS) is 1. The number of aromatic carboxylic acids is 1. The Labute approximate surface area is 167 Å². The maximum Gasteiger partial charge on any atom is 0.356 e. The van der Waals surface area contributed by atoms with E-state index in [1.807, 2.05) is 0 Å². The van der Waals surface area contributed by atoms with E-state index in [-0.39, 0.29) is 29.1 Å². The summed E-state index contributed by atoms with van der Waals surface area (Å²) in [6, 6.07) is 6.07. The van der Waals surface area contributed by atoms with Gasteiger partial charge >= 0.3 is 5.97 Å². The highest BCUT2D eigenvalue weighted by Crippen LogP contribution is 2.13. The van der Waals surface area contributed by atoms with E-state index in [0.717, 1.165) is 19.4 Å². The van der Waals surface area contributed by atoms with Crippen molar-refractivity contribution in [2.45, 2.75) is 25.5 Å². The first-order chi connectivity index (χ1) is 12.7. The number of nitrogens with zero attached hydrogens (tertiary/aromatic N) is 2. The number of ether oxygens (including phenoxy) is 1. The molecule has 1 atom stereocenters. The van der Waals surface area contributed by atoms with Crippen molar-refractivity contribution in [3.8, 4) is 0 Å². The molecule has 0 aromatic carbocycles. The molecular weight excluding hydrogens is 394 g/mol. The average molecular weight is 413 g/mol. The quantitative estimate of drug-likeness (QED) is 0.433. The highest BCUT2D eigenvalue weighted by Gasteiger charge is 2.09. The summed E-state index contributed by atoms with van der Waals surface area (Å²) >= 11 is 10.9. The Bertz CT molecular complexity index is 761. The second kappa shape index (κ2) is 11.6. The van der Waals surface area contributed by atoms with E-state index in [0.29, 0.717) is 16.5 Å². The van der Waals surface area contributed by atoms with Gasteiger partial charge in [-0.05, 0) is 30.7 Å². The lowest BCUT2D eigenvalue weighted by Crippen LogP contribution is -2.04. The molecule has 27 heavy (non-hydrogen) atoms. The van der Waals surface area contributed by atoms with Gasteiger partial charge in [0.1, 0.15) is 10.3 Å². The number of carbonyl (C=O) groups is 1. The Kier molecular flexibility index (Phi) is 9.88. The van der Waals surface area contributed by atoms with Gasteiger partial charge < -0.3 is 34.3 Å². The summed E-state index contributed by atoms with van der Waals surface area (Å²) in [6.07, 6.45) is 2.18. The number of hydrogen-bond donors (Lipinski definition) is 4. The van der Waals surface area contributed by atoms with Crippen LogP contribution in [0.4, 0.5) is 11.4 Å². The maximum absolute atomic E-state index is 10.4. The Morgan fingerprint density at radius 3 is 2.15 bits per heavy atom. The first-order valence-electron chi connectivity index (χ1n) is 7.78. The molecule has 3 heterocycles. The van der Waals surface area contributed by atoms with Crippen LogP contribution in [0.2, 0.25) is 10.3 Å². The topological polar surface area (TPSA) is 145 Å². The third-order valence-electron chi connectivity index (χ3n) is 3.19. The van der Waals surface area contributed by atoms with E-state index in [1.54, 1.807) is 12.1 Å². The van der Waals surface area contributed by atoms with Crippen molar-refractivity contribution in [3.05, 3.63) is 46.0 Å². The van der Waals surface area contributed by atoms with Crippen LogP contribution in [0.25, 0.3) is 0 Å². The van der Waals surface area contributed by atoms with Gasteiger partial charge in [-0.1, -0.05) is 29.6 Å². The highest BCUT2D eigenvalue weighted by atomic mass is 35.5. The lowest BCUT2D eigenvalue weighted by Gasteiger charge is -2.12.